The molecule has 2 N–H and O–H groups in total. The van der Waals surface area contributed by atoms with Gasteiger partial charge in [0.1, 0.15) is 5.92 Å². The lowest BCUT2D eigenvalue weighted by atomic mass is 9.97. The quantitative estimate of drug-likeness (QED) is 0.646. The van der Waals surface area contributed by atoms with Gasteiger partial charge in [0, 0.05) is 6.54 Å². The number of piperidine rings is 1. The van der Waals surface area contributed by atoms with Crippen molar-refractivity contribution >= 4 is 11.9 Å². The summed E-state index contributed by atoms with van der Waals surface area (Å²) in [6, 6.07) is 5.36. The smallest absolute Gasteiger partial charge is 0.314 e. The van der Waals surface area contributed by atoms with E-state index in [2.05, 4.69) is 5.32 Å². The first-order valence-electron chi connectivity index (χ1n) is 9.50. The van der Waals surface area contributed by atoms with Crippen LogP contribution in [0.25, 0.3) is 0 Å². The number of hydrogen-bond donors (Lipinski definition) is 2. The highest BCUT2D eigenvalue weighted by atomic mass is 16.5. The van der Waals surface area contributed by atoms with Gasteiger partial charge < -0.3 is 24.4 Å². The molecule has 7 heteroatoms. The molecule has 0 aromatic heterocycles. The number of hydrogen-bond acceptors (Lipinski definition) is 5. The second kappa shape index (κ2) is 10.2. The predicted molar refractivity (Wildman–Crippen MR) is 101 cm³/mol. The molecule has 1 aliphatic rings. The van der Waals surface area contributed by atoms with E-state index in [1.807, 2.05) is 32.0 Å². The molecule has 27 heavy (non-hydrogen) atoms. The van der Waals surface area contributed by atoms with Gasteiger partial charge in [-0.2, -0.15) is 0 Å². The van der Waals surface area contributed by atoms with Crippen molar-refractivity contribution in [3.8, 4) is 11.5 Å². The zero-order chi connectivity index (χ0) is 19.8. The third kappa shape index (κ3) is 5.60. The van der Waals surface area contributed by atoms with Crippen molar-refractivity contribution in [1.82, 2.24) is 5.32 Å². The van der Waals surface area contributed by atoms with Crippen molar-refractivity contribution in [3.05, 3.63) is 23.8 Å². The molecule has 1 aromatic carbocycles. The molecule has 1 amide bonds. The van der Waals surface area contributed by atoms with Crippen LogP contribution in [0.4, 0.5) is 0 Å². The molecule has 7 nitrogen and oxygen atoms in total. The molecule has 1 aliphatic heterocycles. The summed E-state index contributed by atoms with van der Waals surface area (Å²) in [5.41, 5.74) is 0.936. The van der Waals surface area contributed by atoms with E-state index < -0.39 is 0 Å². The third-order valence-electron chi connectivity index (χ3n) is 5.10. The molecule has 2 rings (SSSR count). The Hall–Kier alpha value is -2.28. The number of likely N-dealkylation sites (tertiary alicyclic amines) is 1. The molecule has 0 bridgehead atoms. The minimum Gasteiger partial charge on any atom is -0.493 e. The molecule has 150 valence electrons. The summed E-state index contributed by atoms with van der Waals surface area (Å²) in [4.78, 5) is 25.7. The fourth-order valence-corrected chi connectivity index (χ4v) is 3.47. The number of methoxy groups -OCH3 is 2. The molecule has 0 saturated carbocycles. The van der Waals surface area contributed by atoms with Gasteiger partial charge in [0.15, 0.2) is 17.5 Å². The molecule has 3 atom stereocenters. The van der Waals surface area contributed by atoms with Gasteiger partial charge in [-0.05, 0) is 44.4 Å². The van der Waals surface area contributed by atoms with Crippen LogP contribution in [0, 0.1) is 5.92 Å². The Kier molecular flexibility index (Phi) is 7.91. The first-order valence-corrected chi connectivity index (χ1v) is 9.50. The number of amides is 1. The maximum atomic E-state index is 12.6. The number of quaternary nitrogens is 1. The fourth-order valence-electron chi connectivity index (χ4n) is 3.47. The lowest BCUT2D eigenvalue weighted by Crippen LogP contribution is -3.18. The Bertz CT molecular complexity index is 649. The summed E-state index contributed by atoms with van der Waals surface area (Å²) in [6.07, 6.45) is 1.76. The summed E-state index contributed by atoms with van der Waals surface area (Å²) < 4.78 is 15.7. The number of carbonyl (C=O) groups is 2. The molecule has 0 spiro atoms. The van der Waals surface area contributed by atoms with Crippen molar-refractivity contribution < 1.29 is 28.7 Å². The zero-order valence-electron chi connectivity index (χ0n) is 16.7. The highest BCUT2D eigenvalue weighted by Crippen LogP contribution is 2.27. The second-order valence-electron chi connectivity index (χ2n) is 6.83. The summed E-state index contributed by atoms with van der Waals surface area (Å²) in [7, 11) is 3.17. The molecule has 1 aromatic rings. The third-order valence-corrected chi connectivity index (χ3v) is 5.10. The van der Waals surface area contributed by atoms with E-state index in [1.165, 1.54) is 0 Å². The molecular formula is C20H31N2O5+. The maximum Gasteiger partial charge on any atom is 0.314 e. The summed E-state index contributed by atoms with van der Waals surface area (Å²) >= 11 is 0. The monoisotopic (exact) mass is 379 g/mol. The first kappa shape index (κ1) is 21.0. The molecule has 0 aliphatic carbocycles. The van der Waals surface area contributed by atoms with Crippen LogP contribution in [0.2, 0.25) is 0 Å². The van der Waals surface area contributed by atoms with E-state index in [-0.39, 0.29) is 23.8 Å². The van der Waals surface area contributed by atoms with Crippen LogP contribution in [0.5, 0.6) is 11.5 Å². The van der Waals surface area contributed by atoms with Gasteiger partial charge in [0.2, 0.25) is 0 Å². The van der Waals surface area contributed by atoms with Crippen LogP contribution in [-0.4, -0.2) is 51.8 Å². The van der Waals surface area contributed by atoms with Crippen LogP contribution < -0.4 is 19.7 Å². The lowest BCUT2D eigenvalue weighted by molar-refractivity contribution is -0.921. The van der Waals surface area contributed by atoms with Gasteiger partial charge in [-0.25, -0.2) is 0 Å². The Morgan fingerprint density at radius 2 is 2.00 bits per heavy atom. The maximum absolute atomic E-state index is 12.6. The van der Waals surface area contributed by atoms with E-state index in [9.17, 15) is 9.59 Å². The number of esters is 1. The summed E-state index contributed by atoms with van der Waals surface area (Å²) in [5, 5.41) is 2.98. The highest BCUT2D eigenvalue weighted by molar-refractivity contribution is 5.80. The Balaban J connectivity index is 1.90. The zero-order valence-corrected chi connectivity index (χ0v) is 16.7. The average molecular weight is 379 g/mol. The van der Waals surface area contributed by atoms with Crippen LogP contribution in [0.3, 0.4) is 0 Å². The van der Waals surface area contributed by atoms with Crippen LogP contribution >= 0.6 is 0 Å². The van der Waals surface area contributed by atoms with Crippen LogP contribution in [-0.2, 0) is 20.9 Å². The van der Waals surface area contributed by atoms with E-state index in [0.29, 0.717) is 31.2 Å². The SMILES string of the molecule is CCOC(=O)[C@@H]1CCC[NH+]([C@@H](C)C(=O)NCc2ccc(OC)c(OC)c2)C1. The highest BCUT2D eigenvalue weighted by Gasteiger charge is 2.34. The molecule has 1 heterocycles. The van der Waals surface area contributed by atoms with Gasteiger partial charge in [0.05, 0.1) is 33.9 Å². The van der Waals surface area contributed by atoms with E-state index in [1.54, 1.807) is 14.2 Å². The Morgan fingerprint density at radius 3 is 2.67 bits per heavy atom. The normalized spacial score (nSPS) is 20.4. The first-order chi connectivity index (χ1) is 13.0. The van der Waals surface area contributed by atoms with E-state index in [0.717, 1.165) is 29.8 Å². The van der Waals surface area contributed by atoms with Crippen molar-refractivity contribution in [1.29, 1.82) is 0 Å². The number of carbonyl (C=O) groups excluding carboxylic acids is 2. The predicted octanol–water partition coefficient (Wildman–Crippen LogP) is 0.567. The Labute approximate surface area is 161 Å². The fraction of sp³-hybridized carbons (Fsp3) is 0.600. The van der Waals surface area contributed by atoms with Crippen molar-refractivity contribution in [2.45, 2.75) is 39.3 Å². The molecule has 1 saturated heterocycles. The topological polar surface area (TPSA) is 78.3 Å². The van der Waals surface area contributed by atoms with Crippen molar-refractivity contribution in [2.75, 3.05) is 33.9 Å². The molecule has 1 unspecified atom stereocenters. The minimum atomic E-state index is -0.220. The number of ether oxygens (including phenoxy) is 3. The van der Waals surface area contributed by atoms with E-state index in [4.69, 9.17) is 14.2 Å². The Morgan fingerprint density at radius 1 is 1.26 bits per heavy atom. The lowest BCUT2D eigenvalue weighted by Gasteiger charge is -2.32. The van der Waals surface area contributed by atoms with Gasteiger partial charge in [0.25, 0.3) is 5.91 Å². The van der Waals surface area contributed by atoms with E-state index >= 15 is 0 Å². The second-order valence-corrected chi connectivity index (χ2v) is 6.83. The summed E-state index contributed by atoms with van der Waals surface area (Å²) in [5.74, 6) is 1.01. The van der Waals surface area contributed by atoms with Crippen LogP contribution in [0.15, 0.2) is 18.2 Å². The summed E-state index contributed by atoms with van der Waals surface area (Å²) in [6.45, 7) is 6.07. The van der Waals surface area contributed by atoms with Crippen LogP contribution in [0.1, 0.15) is 32.3 Å². The van der Waals surface area contributed by atoms with Gasteiger partial charge in [-0.15, -0.1) is 0 Å². The molecule has 1 fully saturated rings. The van der Waals surface area contributed by atoms with Crippen molar-refractivity contribution in [3.63, 3.8) is 0 Å². The number of nitrogens with one attached hydrogen (secondary N) is 2. The average Bonchev–Trinajstić information content (AvgIpc) is 2.71. The number of benzene rings is 1. The number of rotatable bonds is 8. The van der Waals surface area contributed by atoms with Gasteiger partial charge in [-0.1, -0.05) is 6.07 Å². The van der Waals surface area contributed by atoms with Gasteiger partial charge in [-0.3, -0.25) is 9.59 Å². The molecular weight excluding hydrogens is 348 g/mol. The minimum absolute atomic E-state index is 0.0238. The van der Waals surface area contributed by atoms with Gasteiger partial charge >= 0.3 is 5.97 Å². The standard InChI is InChI=1S/C20H30N2O5/c1-5-27-20(24)16-7-6-10-22(13-16)14(2)19(23)21-12-15-8-9-17(25-3)18(11-15)26-4/h8-9,11,14,16H,5-7,10,12-13H2,1-4H3,(H,21,23)/p+1/t14-,16+/m0/s1. The molecule has 0 radical (unpaired) electrons. The van der Waals surface area contributed by atoms with Crippen molar-refractivity contribution in [2.24, 2.45) is 5.92 Å². The largest absolute Gasteiger partial charge is 0.493 e.